The van der Waals surface area contributed by atoms with Crippen LogP contribution in [0.5, 0.6) is 11.5 Å². The molecule has 8 atom stereocenters. The second-order valence-corrected chi connectivity index (χ2v) is 52.0. The summed E-state index contributed by atoms with van der Waals surface area (Å²) in [5, 5.41) is 12.7. The van der Waals surface area contributed by atoms with Gasteiger partial charge >= 0.3 is 11.9 Å². The van der Waals surface area contributed by atoms with Crippen LogP contribution in [0.15, 0.2) is 228 Å². The molecule has 10 fully saturated rings. The molecule has 2 heterocycles. The predicted molar refractivity (Wildman–Crippen MR) is 537 cm³/mol. The first-order valence-corrected chi connectivity index (χ1v) is 55.7. The maximum Gasteiger partial charge on any atom is 0.312 e. The Balaban J connectivity index is 0.000000155. The molecule has 0 spiro atoms. The summed E-state index contributed by atoms with van der Waals surface area (Å²) in [4.78, 5) is 63.6. The van der Waals surface area contributed by atoms with Crippen molar-refractivity contribution in [3.63, 3.8) is 0 Å². The van der Waals surface area contributed by atoms with Gasteiger partial charge in [-0.15, -0.1) is 0 Å². The molecule has 10 aliphatic rings. The molecule has 2 aliphatic heterocycles. The second-order valence-electron chi connectivity index (χ2n) is 40.1. The molecule has 18 rings (SSSR count). The number of alkyl halides is 2. The van der Waals surface area contributed by atoms with Crippen LogP contribution in [-0.4, -0.2) is 164 Å². The first kappa shape index (κ1) is 107. The van der Waals surface area contributed by atoms with E-state index in [1.54, 1.807) is 14.2 Å². The van der Waals surface area contributed by atoms with Crippen molar-refractivity contribution < 1.29 is 82.5 Å². The van der Waals surface area contributed by atoms with Crippen molar-refractivity contribution in [2.45, 2.75) is 239 Å². The lowest BCUT2D eigenvalue weighted by Crippen LogP contribution is -2.60. The molecule has 8 bridgehead atoms. The number of methoxy groups -OCH3 is 2. The Hall–Kier alpha value is -7.89. The van der Waals surface area contributed by atoms with Crippen LogP contribution < -0.4 is 14.6 Å². The molecule has 0 amide bonds. The van der Waals surface area contributed by atoms with Crippen LogP contribution in [0.1, 0.15) is 193 Å². The average Bonchev–Trinajstić information content (AvgIpc) is 0.714. The Morgan fingerprint density at radius 1 is 0.455 bits per heavy atom. The van der Waals surface area contributed by atoms with Crippen LogP contribution in [0.25, 0.3) is 4.13 Å². The molecule has 26 heteroatoms. The average molecular weight is 1950 g/mol. The summed E-state index contributed by atoms with van der Waals surface area (Å²) in [6, 6.07) is 68.6. The molecule has 8 aromatic carbocycles. The molecule has 134 heavy (non-hydrogen) atoms. The van der Waals surface area contributed by atoms with Gasteiger partial charge in [-0.2, -0.15) is 0 Å². The minimum absolute atomic E-state index is 0.0277. The van der Waals surface area contributed by atoms with Crippen LogP contribution >= 0.6 is 0 Å². The summed E-state index contributed by atoms with van der Waals surface area (Å²) in [6.07, 6.45) is 6.15. The zero-order valence-corrected chi connectivity index (χ0v) is 86.4. The van der Waals surface area contributed by atoms with E-state index in [1.807, 2.05) is 55.5 Å². The topological polar surface area (TPSA) is 251 Å². The van der Waals surface area contributed by atoms with Crippen molar-refractivity contribution in [3.8, 4) is 11.5 Å². The van der Waals surface area contributed by atoms with E-state index < -0.39 is 60.5 Å². The third-order valence-electron chi connectivity index (χ3n) is 26.1. The lowest BCUT2D eigenvalue weighted by atomic mass is 9.44. The third kappa shape index (κ3) is 28.9. The number of hydrogen-bond donors (Lipinski definition) is 0. The standard InChI is InChI=1S/2C21H21S.C17H26FNO3.2C17H25O3S.C15H23FNO7S2/c2*1-16-4-10-19(11-5-16)22(20-12-6-17(2)7-13-20)21-14-8-18(3)9-15-21;1-3-19-14(20)16-5-12-4-13(6-16)8-17(7-12,10-16)15(21)22-9-11(2)18;2*1-17(2,3)16(21-11-9-20-10-12-21)15(18)13-5-7-14(19-4)8-6-13;1-10(16)8-23-13(18)14-4-11-3-12(5-14)7-15(6-11,9-14)24-26(21,22)17-25(2,19)20/h2*4-15H,1-3H3;11-13H,3-10H2,1-2H3,(H,19,20);2*5-8,16H,9-12H2,1-4H3;10-12H,3-9H2,1-2H3/q2*+1;;2*+1;-1/p-1. The minimum Gasteiger partial charge on any atom is -0.862 e. The number of ketones is 2. The fraction of sp³-hybridized carbons (Fsp3) is 0.509. The number of carbonyl (C=O) groups excluding carboxylic acids is 4. The molecule has 0 aromatic heterocycles. The van der Waals surface area contributed by atoms with Crippen molar-refractivity contribution in [1.82, 2.24) is 0 Å². The number of sulfonamides is 1. The summed E-state index contributed by atoms with van der Waals surface area (Å²) in [5.74, 6) is 6.24. The van der Waals surface area contributed by atoms with Crippen molar-refractivity contribution in [2.75, 3.05) is 89.7 Å². The summed E-state index contributed by atoms with van der Waals surface area (Å²) in [6.45, 7) is 33.5. The number of ether oxygens (including phenoxy) is 6. The third-order valence-corrected chi connectivity index (χ3v) is 38.8. The maximum absolute atomic E-state index is 13.0. The predicted octanol–water partition coefficient (Wildman–Crippen LogP) is 21.4. The zero-order chi connectivity index (χ0) is 97.3. The molecule has 726 valence electrons. The molecule has 8 aromatic rings. The van der Waals surface area contributed by atoms with Gasteiger partial charge in [-0.1, -0.05) is 148 Å². The van der Waals surface area contributed by atoms with Gasteiger partial charge in [-0.25, -0.2) is 25.6 Å². The Morgan fingerprint density at radius 3 is 0.993 bits per heavy atom. The zero-order valence-electron chi connectivity index (χ0n) is 81.5. The van der Waals surface area contributed by atoms with Crippen molar-refractivity contribution in [3.05, 3.63) is 243 Å². The number of aliphatic imine (C=N–C) groups is 1. The van der Waals surface area contributed by atoms with E-state index in [0.717, 1.165) is 111 Å². The molecule has 8 aliphatic carbocycles. The number of hydrogen-bond acceptors (Lipinski definition) is 17. The van der Waals surface area contributed by atoms with Gasteiger partial charge in [0.25, 0.3) is 0 Å². The minimum atomic E-state index is -4.66. The normalized spacial score (nSPS) is 23.4. The van der Waals surface area contributed by atoms with E-state index in [2.05, 4.69) is 238 Å². The Bertz CT molecular complexity index is 4980. The van der Waals surface area contributed by atoms with E-state index in [1.165, 1.54) is 76.6 Å². The molecule has 0 N–H and O–H groups in total. The Morgan fingerprint density at radius 2 is 0.731 bits per heavy atom. The largest absolute Gasteiger partial charge is 0.862 e. The molecular formula is C108H140F2N2O16S6+2. The van der Waals surface area contributed by atoms with Gasteiger partial charge in [-0.05, 0) is 296 Å². The highest BCUT2D eigenvalue weighted by molar-refractivity contribution is 8.10. The fourth-order valence-corrected chi connectivity index (χ4v) is 32.7. The quantitative estimate of drug-likeness (QED) is 0.0161. The first-order chi connectivity index (χ1) is 63.3. The summed E-state index contributed by atoms with van der Waals surface area (Å²) in [5.41, 5.74) is 6.26. The molecular weight excluding hydrogens is 1810 g/mol. The van der Waals surface area contributed by atoms with Gasteiger partial charge in [0.1, 0.15) is 60.1 Å². The van der Waals surface area contributed by atoms with Gasteiger partial charge in [0.2, 0.25) is 21.9 Å². The highest BCUT2D eigenvalue weighted by Gasteiger charge is 2.64. The number of Topliss-reactive ketones (excluding diaryl/α,β-unsaturated/α-hetero) is 2. The molecule has 2 saturated heterocycles. The van der Waals surface area contributed by atoms with E-state index in [4.69, 9.17) is 32.6 Å². The number of nitrogens with zero attached hydrogens (tertiary/aromatic N) is 2. The van der Waals surface area contributed by atoms with Crippen molar-refractivity contribution >= 4 is 93.3 Å². The van der Waals surface area contributed by atoms with Crippen LogP contribution in [0.4, 0.5) is 8.78 Å². The number of aryl methyl sites for hydroxylation is 6. The molecule has 8 unspecified atom stereocenters. The SMILES string of the molecule is CC(F)COC(=O)C12CC3CC(CC(OS(=O)(=O)[N-]S(C)(=O)=O)(C3)C1)C2.CCN=C([O-])C12CC3CC(CC(C(=O)OCC(C)F)(C3)C1)C2.COc1ccc(C(=O)C([S+]2CCOCC2)C(C)(C)C)cc1.COc1ccc(C(=O)C([S+]2CCOCC2)C(C)(C)C)cc1.Cc1ccc([S+](c2ccc(C)cc2)c2ccc(C)cc2)cc1.Cc1ccc([S+](c2ccc(C)cc2)c2ccc(C)cc2)cc1. The van der Waals surface area contributed by atoms with E-state index >= 15 is 0 Å². The monoisotopic (exact) mass is 1950 g/mol. The maximum atomic E-state index is 13.0. The van der Waals surface area contributed by atoms with Gasteiger partial charge < -0.3 is 42.6 Å². The Labute approximate surface area is 808 Å². The summed E-state index contributed by atoms with van der Waals surface area (Å²) >= 11 is 0. The lowest BCUT2D eigenvalue weighted by molar-refractivity contribution is -0.247. The lowest BCUT2D eigenvalue weighted by Gasteiger charge is -2.62. The number of halogens is 2. The van der Waals surface area contributed by atoms with Crippen LogP contribution in [0, 0.1) is 92.3 Å². The van der Waals surface area contributed by atoms with Gasteiger partial charge in [-0.3, -0.25) is 23.4 Å². The van der Waals surface area contributed by atoms with E-state index in [9.17, 15) is 49.9 Å². The number of esters is 2. The van der Waals surface area contributed by atoms with Gasteiger partial charge in [0.05, 0.1) is 88.9 Å². The van der Waals surface area contributed by atoms with Crippen LogP contribution in [-0.2, 0) is 96.6 Å². The number of rotatable bonds is 26. The van der Waals surface area contributed by atoms with Gasteiger partial charge in [0.15, 0.2) is 39.9 Å². The molecule has 18 nitrogen and oxygen atoms in total. The number of carbonyl (C=O) groups is 4. The van der Waals surface area contributed by atoms with E-state index in [-0.39, 0.29) is 120 Å². The fourth-order valence-electron chi connectivity index (χ4n) is 21.0. The first-order valence-electron chi connectivity index (χ1n) is 46.8. The number of benzene rings is 8. The van der Waals surface area contributed by atoms with Crippen molar-refractivity contribution in [2.24, 2.45) is 55.7 Å². The second kappa shape index (κ2) is 46.7. The highest BCUT2D eigenvalue weighted by atomic mass is 32.3. The van der Waals surface area contributed by atoms with Crippen molar-refractivity contribution in [1.29, 1.82) is 0 Å². The highest BCUT2D eigenvalue weighted by Crippen LogP contribution is 2.67. The molecule has 0 radical (unpaired) electrons. The summed E-state index contributed by atoms with van der Waals surface area (Å²) in [7, 11) is -5.39. The van der Waals surface area contributed by atoms with Gasteiger partial charge in [0, 0.05) is 56.5 Å². The summed E-state index contributed by atoms with van der Waals surface area (Å²) < 4.78 is 112. The molecule has 8 saturated carbocycles. The van der Waals surface area contributed by atoms with Crippen LogP contribution in [0.2, 0.25) is 0 Å². The smallest absolute Gasteiger partial charge is 0.312 e. The van der Waals surface area contributed by atoms with E-state index in [0.29, 0.717) is 56.7 Å². The Kier molecular flexibility index (Phi) is 37.1. The van der Waals surface area contributed by atoms with Crippen LogP contribution in [0.3, 0.4) is 0 Å².